The van der Waals surface area contributed by atoms with Crippen molar-refractivity contribution >= 4 is 27.6 Å². The Balaban J connectivity index is 1.37. The predicted molar refractivity (Wildman–Crippen MR) is 125 cm³/mol. The Labute approximate surface area is 179 Å². The first-order valence-electron chi connectivity index (χ1n) is 10.6. The minimum absolute atomic E-state index is 0.575. The van der Waals surface area contributed by atoms with E-state index < -0.39 is 0 Å². The van der Waals surface area contributed by atoms with Gasteiger partial charge in [0, 0.05) is 45.5 Å². The molecule has 0 saturated heterocycles. The van der Waals surface area contributed by atoms with E-state index in [-0.39, 0.29) is 0 Å². The molecule has 6 heteroatoms. The third kappa shape index (κ3) is 3.17. The highest BCUT2D eigenvalue weighted by Crippen LogP contribution is 2.34. The van der Waals surface area contributed by atoms with Crippen molar-refractivity contribution < 1.29 is 0 Å². The summed E-state index contributed by atoms with van der Waals surface area (Å²) in [6.45, 7) is 4.20. The molecule has 152 valence electrons. The molecule has 0 spiro atoms. The van der Waals surface area contributed by atoms with Crippen LogP contribution in [0.4, 0.5) is 5.69 Å². The summed E-state index contributed by atoms with van der Waals surface area (Å²) in [6.07, 6.45) is 9.28. The van der Waals surface area contributed by atoms with Crippen LogP contribution >= 0.6 is 0 Å². The molecule has 6 nitrogen and oxygen atoms in total. The van der Waals surface area contributed by atoms with Crippen LogP contribution in [0.2, 0.25) is 0 Å². The highest BCUT2D eigenvalue weighted by Gasteiger charge is 2.20. The van der Waals surface area contributed by atoms with Crippen LogP contribution in [0.5, 0.6) is 0 Å². The highest BCUT2D eigenvalue weighted by molar-refractivity contribution is 5.96. The van der Waals surface area contributed by atoms with Gasteiger partial charge < -0.3 is 10.3 Å². The maximum Gasteiger partial charge on any atom is 0.181 e. The van der Waals surface area contributed by atoms with E-state index in [0.717, 1.165) is 44.8 Å². The Hall–Kier alpha value is -3.93. The Bertz CT molecular complexity index is 1390. The first-order valence-corrected chi connectivity index (χ1v) is 10.6. The van der Waals surface area contributed by atoms with Crippen LogP contribution in [-0.2, 0) is 0 Å². The number of benzene rings is 1. The molecule has 5 aromatic rings. The van der Waals surface area contributed by atoms with Gasteiger partial charge in [0.05, 0.1) is 23.3 Å². The number of fused-ring (bicyclic) bond motifs is 2. The summed E-state index contributed by atoms with van der Waals surface area (Å²) >= 11 is 0. The zero-order chi connectivity index (χ0) is 20.8. The number of nitrogens with zero attached hydrogens (tertiary/aromatic N) is 3. The maximum absolute atomic E-state index is 4.58. The number of allylic oxidation sites excluding steroid dienone is 1. The van der Waals surface area contributed by atoms with Crippen molar-refractivity contribution in [2.75, 3.05) is 5.32 Å². The lowest BCUT2D eigenvalue weighted by Gasteiger charge is -2.28. The highest BCUT2D eigenvalue weighted by atomic mass is 15.2. The molecule has 4 aromatic heterocycles. The van der Waals surface area contributed by atoms with Crippen LogP contribution in [0.3, 0.4) is 0 Å². The number of anilines is 1. The second-order valence-electron chi connectivity index (χ2n) is 8.20. The maximum atomic E-state index is 4.58. The number of H-pyrrole nitrogens is 2. The van der Waals surface area contributed by atoms with E-state index in [1.165, 1.54) is 24.6 Å². The number of rotatable bonds is 5. The standard InChI is InChI=1S/C25H22N6/c1-15(16-6-4-7-16)28-20-9-18(12-26-14-20)19-10-21-24(30-31-25(21)27-13-19)23-11-17-5-2-3-8-22(17)29-23/h2-3,5,8-14,16,28-29H,1,4,6-7H2,(H,27,30,31). The molecule has 0 aliphatic heterocycles. The Morgan fingerprint density at radius 3 is 2.74 bits per heavy atom. The number of pyridine rings is 2. The summed E-state index contributed by atoms with van der Waals surface area (Å²) in [5, 5.41) is 13.1. The zero-order valence-corrected chi connectivity index (χ0v) is 17.0. The molecule has 1 fully saturated rings. The lowest BCUT2D eigenvalue weighted by molar-refractivity contribution is 0.371. The first-order chi connectivity index (χ1) is 15.2. The van der Waals surface area contributed by atoms with Crippen molar-refractivity contribution in [3.05, 3.63) is 73.3 Å². The summed E-state index contributed by atoms with van der Waals surface area (Å²) in [5.41, 5.74) is 7.75. The summed E-state index contributed by atoms with van der Waals surface area (Å²) < 4.78 is 0. The zero-order valence-electron chi connectivity index (χ0n) is 17.0. The molecule has 6 rings (SSSR count). The summed E-state index contributed by atoms with van der Waals surface area (Å²) in [5.74, 6) is 0.575. The summed E-state index contributed by atoms with van der Waals surface area (Å²) in [6, 6.07) is 14.6. The fraction of sp³-hybridized carbons (Fsp3) is 0.160. The first kappa shape index (κ1) is 17.9. The quantitative estimate of drug-likeness (QED) is 0.340. The molecular weight excluding hydrogens is 384 g/mol. The van der Waals surface area contributed by atoms with E-state index in [9.17, 15) is 0 Å². The van der Waals surface area contributed by atoms with E-state index in [1.807, 2.05) is 30.7 Å². The van der Waals surface area contributed by atoms with E-state index in [1.54, 1.807) is 0 Å². The minimum atomic E-state index is 0.575. The lowest BCUT2D eigenvalue weighted by atomic mass is 9.83. The van der Waals surface area contributed by atoms with Gasteiger partial charge in [0.15, 0.2) is 5.65 Å². The Morgan fingerprint density at radius 1 is 1.03 bits per heavy atom. The predicted octanol–water partition coefficient (Wildman–Crippen LogP) is 5.89. The molecule has 3 N–H and O–H groups in total. The molecule has 0 amide bonds. The number of aromatic nitrogens is 5. The monoisotopic (exact) mass is 406 g/mol. The van der Waals surface area contributed by atoms with Gasteiger partial charge in [-0.1, -0.05) is 31.2 Å². The molecule has 1 saturated carbocycles. The molecular formula is C25H22N6. The smallest absolute Gasteiger partial charge is 0.181 e. The minimum Gasteiger partial charge on any atom is -0.358 e. The van der Waals surface area contributed by atoms with Gasteiger partial charge in [-0.05, 0) is 43.0 Å². The van der Waals surface area contributed by atoms with Crippen molar-refractivity contribution in [3.63, 3.8) is 0 Å². The Kier molecular flexibility index (Phi) is 4.09. The molecule has 31 heavy (non-hydrogen) atoms. The molecule has 4 heterocycles. The molecule has 1 aliphatic carbocycles. The SMILES string of the molecule is C=C(Nc1cncc(-c2cnc3n[nH]c(-c4cc5ccccc5[nH]4)c3c2)c1)C1CCC1. The van der Waals surface area contributed by atoms with Gasteiger partial charge in [-0.25, -0.2) is 4.98 Å². The summed E-state index contributed by atoms with van der Waals surface area (Å²) in [4.78, 5) is 12.5. The molecule has 0 atom stereocenters. The second kappa shape index (κ2) is 7.09. The van der Waals surface area contributed by atoms with Gasteiger partial charge in [-0.15, -0.1) is 0 Å². The van der Waals surface area contributed by atoms with Crippen LogP contribution < -0.4 is 5.32 Å². The fourth-order valence-corrected chi connectivity index (χ4v) is 4.18. The average molecular weight is 406 g/mol. The number of nitrogens with one attached hydrogen (secondary N) is 3. The number of hydrogen-bond acceptors (Lipinski definition) is 4. The summed E-state index contributed by atoms with van der Waals surface area (Å²) in [7, 11) is 0. The van der Waals surface area contributed by atoms with Gasteiger partial charge in [0.25, 0.3) is 0 Å². The molecule has 1 aromatic carbocycles. The number of para-hydroxylation sites is 1. The van der Waals surface area contributed by atoms with Crippen molar-refractivity contribution in [1.82, 2.24) is 25.1 Å². The van der Waals surface area contributed by atoms with Crippen molar-refractivity contribution in [1.29, 1.82) is 0 Å². The largest absolute Gasteiger partial charge is 0.358 e. The van der Waals surface area contributed by atoms with Gasteiger partial charge in [0.2, 0.25) is 0 Å². The van der Waals surface area contributed by atoms with E-state index >= 15 is 0 Å². The lowest BCUT2D eigenvalue weighted by Crippen LogP contribution is -2.18. The van der Waals surface area contributed by atoms with E-state index in [0.29, 0.717) is 11.6 Å². The third-order valence-electron chi connectivity index (χ3n) is 6.18. The topological polar surface area (TPSA) is 82.3 Å². The van der Waals surface area contributed by atoms with Gasteiger partial charge in [-0.3, -0.25) is 10.1 Å². The fourth-order valence-electron chi connectivity index (χ4n) is 4.18. The number of hydrogen-bond donors (Lipinski definition) is 3. The van der Waals surface area contributed by atoms with E-state index in [2.05, 4.69) is 67.4 Å². The molecule has 0 bridgehead atoms. The molecule has 0 radical (unpaired) electrons. The molecule has 1 aliphatic rings. The Morgan fingerprint density at radius 2 is 1.90 bits per heavy atom. The van der Waals surface area contributed by atoms with Crippen LogP contribution in [0.15, 0.2) is 73.3 Å². The average Bonchev–Trinajstić information content (AvgIpc) is 3.36. The van der Waals surface area contributed by atoms with Crippen molar-refractivity contribution in [2.24, 2.45) is 5.92 Å². The van der Waals surface area contributed by atoms with Crippen LogP contribution in [0.25, 0.3) is 44.5 Å². The van der Waals surface area contributed by atoms with E-state index in [4.69, 9.17) is 0 Å². The van der Waals surface area contributed by atoms with Crippen LogP contribution in [0.1, 0.15) is 19.3 Å². The van der Waals surface area contributed by atoms with Crippen molar-refractivity contribution in [3.8, 4) is 22.5 Å². The molecule has 0 unspecified atom stereocenters. The number of aromatic amines is 2. The van der Waals surface area contributed by atoms with Crippen LogP contribution in [0, 0.1) is 5.92 Å². The third-order valence-corrected chi connectivity index (χ3v) is 6.18. The van der Waals surface area contributed by atoms with Crippen LogP contribution in [-0.4, -0.2) is 25.1 Å². The van der Waals surface area contributed by atoms with Gasteiger partial charge in [0.1, 0.15) is 0 Å². The second-order valence-corrected chi connectivity index (χ2v) is 8.20. The van der Waals surface area contributed by atoms with Gasteiger partial charge in [-0.2, -0.15) is 5.10 Å². The normalized spacial score (nSPS) is 14.1. The van der Waals surface area contributed by atoms with Gasteiger partial charge >= 0.3 is 0 Å². The van der Waals surface area contributed by atoms with Crippen molar-refractivity contribution in [2.45, 2.75) is 19.3 Å².